The van der Waals surface area contributed by atoms with Gasteiger partial charge in [0.1, 0.15) is 5.78 Å². The first kappa shape index (κ1) is 11.7. The van der Waals surface area contributed by atoms with E-state index in [1.54, 1.807) is 0 Å². The van der Waals surface area contributed by atoms with Crippen molar-refractivity contribution in [2.45, 2.75) is 48.0 Å². The van der Waals surface area contributed by atoms with Gasteiger partial charge < -0.3 is 0 Å². The van der Waals surface area contributed by atoms with Crippen molar-refractivity contribution in [3.63, 3.8) is 0 Å². The maximum atomic E-state index is 11.7. The number of Topliss-reactive ketones (excluding diaryl/α,β-unsaturated/α-hetero) is 1. The molecule has 0 fully saturated rings. The first-order chi connectivity index (χ1) is 5.25. The highest BCUT2D eigenvalue weighted by molar-refractivity contribution is 5.85. The predicted octanol–water partition coefficient (Wildman–Crippen LogP) is 3.28. The molecule has 0 rings (SSSR count). The Kier molecular flexibility index (Phi) is 3.95. The van der Waals surface area contributed by atoms with E-state index >= 15 is 0 Å². The van der Waals surface area contributed by atoms with E-state index in [9.17, 15) is 4.79 Å². The van der Waals surface area contributed by atoms with Gasteiger partial charge in [-0.05, 0) is 12.3 Å². The van der Waals surface area contributed by atoms with Gasteiger partial charge in [-0.25, -0.2) is 0 Å². The van der Waals surface area contributed by atoms with Crippen LogP contribution in [-0.4, -0.2) is 5.78 Å². The van der Waals surface area contributed by atoms with Crippen LogP contribution in [0.4, 0.5) is 0 Å². The van der Waals surface area contributed by atoms with Gasteiger partial charge in [0.05, 0.1) is 0 Å². The lowest BCUT2D eigenvalue weighted by atomic mass is 9.81. The third kappa shape index (κ3) is 3.89. The topological polar surface area (TPSA) is 17.1 Å². The summed E-state index contributed by atoms with van der Waals surface area (Å²) in [7, 11) is 0. The summed E-state index contributed by atoms with van der Waals surface area (Å²) in [5.41, 5.74) is -0.172. The van der Waals surface area contributed by atoms with Crippen LogP contribution in [0.25, 0.3) is 0 Å². The Morgan fingerprint density at radius 2 is 1.58 bits per heavy atom. The molecular formula is C11H22O. The molecule has 0 aromatic carbocycles. The van der Waals surface area contributed by atoms with Gasteiger partial charge in [-0.3, -0.25) is 4.79 Å². The normalized spacial score (nSPS) is 14.9. The molecule has 0 aromatic heterocycles. The van der Waals surface area contributed by atoms with Gasteiger partial charge in [0.15, 0.2) is 0 Å². The second-order valence-electron chi connectivity index (χ2n) is 5.14. The summed E-state index contributed by atoms with van der Waals surface area (Å²) < 4.78 is 0. The van der Waals surface area contributed by atoms with Crippen molar-refractivity contribution in [2.75, 3.05) is 0 Å². The zero-order valence-electron chi connectivity index (χ0n) is 9.27. The van der Waals surface area contributed by atoms with E-state index in [0.717, 1.165) is 6.42 Å². The molecule has 0 spiro atoms. The number of ketones is 1. The van der Waals surface area contributed by atoms with Crippen LogP contribution in [-0.2, 0) is 4.79 Å². The average Bonchev–Trinajstić information content (AvgIpc) is 1.82. The van der Waals surface area contributed by atoms with Crippen LogP contribution in [0.5, 0.6) is 0 Å². The third-order valence-electron chi connectivity index (χ3n) is 2.01. The molecule has 1 heteroatoms. The van der Waals surface area contributed by atoms with Crippen molar-refractivity contribution < 1.29 is 4.79 Å². The Bertz CT molecular complexity index is 151. The number of rotatable bonds is 3. The Morgan fingerprint density at radius 1 is 1.17 bits per heavy atom. The van der Waals surface area contributed by atoms with Gasteiger partial charge in [-0.15, -0.1) is 0 Å². The van der Waals surface area contributed by atoms with Crippen molar-refractivity contribution in [1.29, 1.82) is 0 Å². The first-order valence-electron chi connectivity index (χ1n) is 4.79. The smallest absolute Gasteiger partial charge is 0.141 e. The van der Waals surface area contributed by atoms with Crippen molar-refractivity contribution in [1.82, 2.24) is 0 Å². The van der Waals surface area contributed by atoms with E-state index in [4.69, 9.17) is 0 Å². The summed E-state index contributed by atoms with van der Waals surface area (Å²) in [6.45, 7) is 12.3. The third-order valence-corrected chi connectivity index (χ3v) is 2.01. The van der Waals surface area contributed by atoms with Crippen LogP contribution < -0.4 is 0 Å². The van der Waals surface area contributed by atoms with Crippen LogP contribution in [0.2, 0.25) is 0 Å². The maximum absolute atomic E-state index is 11.7. The monoisotopic (exact) mass is 170 g/mol. The molecule has 0 saturated carbocycles. The molecule has 72 valence electrons. The van der Waals surface area contributed by atoms with Crippen molar-refractivity contribution in [3.05, 3.63) is 0 Å². The molecule has 0 aliphatic carbocycles. The standard InChI is InChI=1S/C11H22O/c1-8(2)7-9(3)10(12)11(4,5)6/h8-9H,7H2,1-6H3. The van der Waals surface area contributed by atoms with Gasteiger partial charge in [-0.2, -0.15) is 0 Å². The minimum absolute atomic E-state index is 0.172. The molecular weight excluding hydrogens is 148 g/mol. The number of hydrogen-bond acceptors (Lipinski definition) is 1. The van der Waals surface area contributed by atoms with Crippen LogP contribution in [0, 0.1) is 17.3 Å². The number of carbonyl (C=O) groups excluding carboxylic acids is 1. The van der Waals surface area contributed by atoms with E-state index in [1.807, 2.05) is 27.7 Å². The second kappa shape index (κ2) is 4.06. The van der Waals surface area contributed by atoms with Gasteiger partial charge in [0.25, 0.3) is 0 Å². The molecule has 0 aliphatic heterocycles. The van der Waals surface area contributed by atoms with E-state index in [-0.39, 0.29) is 11.3 Å². The molecule has 1 nitrogen and oxygen atoms in total. The minimum atomic E-state index is -0.172. The molecule has 0 aromatic rings. The van der Waals surface area contributed by atoms with E-state index in [1.165, 1.54) is 0 Å². The molecule has 0 saturated heterocycles. The fourth-order valence-corrected chi connectivity index (χ4v) is 1.55. The van der Waals surface area contributed by atoms with E-state index < -0.39 is 0 Å². The molecule has 0 bridgehead atoms. The quantitative estimate of drug-likeness (QED) is 0.635. The second-order valence-corrected chi connectivity index (χ2v) is 5.14. The lowest BCUT2D eigenvalue weighted by molar-refractivity contribution is -0.130. The van der Waals surface area contributed by atoms with E-state index in [2.05, 4.69) is 13.8 Å². The Hall–Kier alpha value is -0.330. The van der Waals surface area contributed by atoms with Crippen LogP contribution in [0.15, 0.2) is 0 Å². The fourth-order valence-electron chi connectivity index (χ4n) is 1.55. The molecule has 0 heterocycles. The molecule has 0 aliphatic rings. The summed E-state index contributed by atoms with van der Waals surface area (Å²) in [4.78, 5) is 11.7. The largest absolute Gasteiger partial charge is 0.299 e. The predicted molar refractivity (Wildman–Crippen MR) is 53.1 cm³/mol. The highest BCUT2D eigenvalue weighted by Crippen LogP contribution is 2.23. The van der Waals surface area contributed by atoms with E-state index in [0.29, 0.717) is 11.7 Å². The summed E-state index contributed by atoms with van der Waals surface area (Å²) in [6.07, 6.45) is 1.01. The molecule has 1 unspecified atom stereocenters. The van der Waals surface area contributed by atoms with Crippen molar-refractivity contribution in [2.24, 2.45) is 17.3 Å². The van der Waals surface area contributed by atoms with Gasteiger partial charge in [-0.1, -0.05) is 41.5 Å². The fraction of sp³-hybridized carbons (Fsp3) is 0.909. The minimum Gasteiger partial charge on any atom is -0.299 e. The van der Waals surface area contributed by atoms with Crippen LogP contribution in [0.3, 0.4) is 0 Å². The number of carbonyl (C=O) groups is 1. The Morgan fingerprint density at radius 3 is 1.83 bits per heavy atom. The van der Waals surface area contributed by atoms with Crippen molar-refractivity contribution >= 4 is 5.78 Å². The number of hydrogen-bond donors (Lipinski definition) is 0. The molecule has 12 heavy (non-hydrogen) atoms. The zero-order valence-corrected chi connectivity index (χ0v) is 9.27. The summed E-state index contributed by atoms with van der Waals surface area (Å²) in [5, 5.41) is 0. The summed E-state index contributed by atoms with van der Waals surface area (Å²) in [5.74, 6) is 1.22. The van der Waals surface area contributed by atoms with Gasteiger partial charge >= 0.3 is 0 Å². The average molecular weight is 170 g/mol. The van der Waals surface area contributed by atoms with Crippen LogP contribution in [0.1, 0.15) is 48.0 Å². The van der Waals surface area contributed by atoms with Gasteiger partial charge in [0, 0.05) is 11.3 Å². The van der Waals surface area contributed by atoms with Gasteiger partial charge in [0.2, 0.25) is 0 Å². The molecule has 1 atom stereocenters. The zero-order chi connectivity index (χ0) is 9.94. The Labute approximate surface area is 76.6 Å². The lowest BCUT2D eigenvalue weighted by Gasteiger charge is -2.22. The first-order valence-corrected chi connectivity index (χ1v) is 4.79. The lowest BCUT2D eigenvalue weighted by Crippen LogP contribution is -2.27. The van der Waals surface area contributed by atoms with Crippen molar-refractivity contribution in [3.8, 4) is 0 Å². The Balaban J connectivity index is 4.12. The summed E-state index contributed by atoms with van der Waals surface area (Å²) in [6, 6.07) is 0. The maximum Gasteiger partial charge on any atom is 0.141 e. The highest BCUT2D eigenvalue weighted by atomic mass is 16.1. The molecule has 0 N–H and O–H groups in total. The van der Waals surface area contributed by atoms with Crippen LogP contribution >= 0.6 is 0 Å². The SMILES string of the molecule is CC(C)CC(C)C(=O)C(C)(C)C. The summed E-state index contributed by atoms with van der Waals surface area (Å²) >= 11 is 0. The molecule has 0 amide bonds. The highest BCUT2D eigenvalue weighted by Gasteiger charge is 2.26. The molecule has 0 radical (unpaired) electrons.